The second kappa shape index (κ2) is 6.43. The Bertz CT molecular complexity index is 790. The van der Waals surface area contributed by atoms with E-state index >= 15 is 0 Å². The quantitative estimate of drug-likeness (QED) is 0.387. The van der Waals surface area contributed by atoms with Crippen molar-refractivity contribution >= 4 is 0 Å². The first-order chi connectivity index (χ1) is 14.2. The van der Waals surface area contributed by atoms with E-state index in [4.69, 9.17) is 0 Å². The number of aliphatic hydroxyl groups excluding tert-OH is 1. The van der Waals surface area contributed by atoms with Crippen LogP contribution < -0.4 is 0 Å². The van der Waals surface area contributed by atoms with Gasteiger partial charge in [-0.1, -0.05) is 67.0 Å². The standard InChI is InChI=1S/C30H50O/c1-25(2)13-14-27(5)15-17-29(7)22-11-9-20-21(10-12-24(31)26(20,3)4)28(22,6)16-18-30(29,8)23(27)19-25/h9,21-24,31H,10-19H2,1-8H3/t21-,22-,23+,24+,27+,28-,29-,30-/m1/s1. The molecular weight excluding hydrogens is 376 g/mol. The van der Waals surface area contributed by atoms with Gasteiger partial charge in [-0.15, -0.1) is 0 Å². The largest absolute Gasteiger partial charge is 0.392 e. The van der Waals surface area contributed by atoms with Gasteiger partial charge in [0, 0.05) is 5.41 Å². The second-order valence-corrected chi connectivity index (χ2v) is 15.2. The summed E-state index contributed by atoms with van der Waals surface area (Å²) in [6, 6.07) is 0. The molecular formula is C30H50O. The maximum absolute atomic E-state index is 10.8. The maximum atomic E-state index is 10.8. The third kappa shape index (κ3) is 2.77. The van der Waals surface area contributed by atoms with Crippen LogP contribution in [0.15, 0.2) is 11.6 Å². The Morgan fingerprint density at radius 2 is 1.35 bits per heavy atom. The first-order valence-electron chi connectivity index (χ1n) is 13.6. The summed E-state index contributed by atoms with van der Waals surface area (Å²) in [6.45, 7) is 20.5. The molecule has 5 aliphatic carbocycles. The molecule has 1 nitrogen and oxygen atoms in total. The lowest BCUT2D eigenvalue weighted by Crippen LogP contribution is -2.65. The predicted molar refractivity (Wildman–Crippen MR) is 131 cm³/mol. The average molecular weight is 427 g/mol. The molecule has 31 heavy (non-hydrogen) atoms. The van der Waals surface area contributed by atoms with Crippen molar-refractivity contribution in [1.82, 2.24) is 0 Å². The van der Waals surface area contributed by atoms with Gasteiger partial charge in [-0.05, 0) is 109 Å². The van der Waals surface area contributed by atoms with E-state index in [1.54, 1.807) is 5.57 Å². The Kier molecular flexibility index (Phi) is 4.66. The minimum absolute atomic E-state index is 0.0446. The van der Waals surface area contributed by atoms with Gasteiger partial charge in [0.1, 0.15) is 0 Å². The topological polar surface area (TPSA) is 20.2 Å². The summed E-state index contributed by atoms with van der Waals surface area (Å²) in [5.41, 5.74) is 3.96. The summed E-state index contributed by atoms with van der Waals surface area (Å²) >= 11 is 0. The summed E-state index contributed by atoms with van der Waals surface area (Å²) < 4.78 is 0. The minimum atomic E-state index is -0.167. The molecule has 5 aliphatic rings. The van der Waals surface area contributed by atoms with Crippen LogP contribution in [0.25, 0.3) is 0 Å². The molecule has 0 radical (unpaired) electrons. The van der Waals surface area contributed by atoms with Crippen molar-refractivity contribution in [1.29, 1.82) is 0 Å². The molecule has 4 saturated carbocycles. The lowest BCUT2D eigenvalue weighted by molar-refractivity contribution is -0.230. The zero-order valence-electron chi connectivity index (χ0n) is 21.9. The van der Waals surface area contributed by atoms with Crippen molar-refractivity contribution in [2.45, 2.75) is 126 Å². The molecule has 0 heterocycles. The van der Waals surface area contributed by atoms with Gasteiger partial charge in [0.25, 0.3) is 0 Å². The number of aliphatic hydroxyl groups is 1. The van der Waals surface area contributed by atoms with Crippen LogP contribution >= 0.6 is 0 Å². The molecule has 8 atom stereocenters. The molecule has 0 amide bonds. The molecule has 0 aromatic rings. The van der Waals surface area contributed by atoms with E-state index in [0.717, 1.165) is 18.3 Å². The molecule has 5 rings (SSSR count). The summed E-state index contributed by atoms with van der Waals surface area (Å²) in [5.74, 6) is 2.36. The molecule has 0 saturated heterocycles. The van der Waals surface area contributed by atoms with Crippen LogP contribution in [-0.2, 0) is 0 Å². The monoisotopic (exact) mass is 426 g/mol. The molecule has 1 N–H and O–H groups in total. The highest BCUT2D eigenvalue weighted by Crippen LogP contribution is 2.77. The van der Waals surface area contributed by atoms with Gasteiger partial charge in [0.05, 0.1) is 6.10 Å². The third-order valence-corrected chi connectivity index (χ3v) is 13.1. The molecule has 0 bridgehead atoms. The Balaban J connectivity index is 1.57. The van der Waals surface area contributed by atoms with Crippen molar-refractivity contribution < 1.29 is 5.11 Å². The minimum Gasteiger partial charge on any atom is -0.392 e. The predicted octanol–water partition coefficient (Wildman–Crippen LogP) is 8.17. The van der Waals surface area contributed by atoms with Crippen LogP contribution in [0.1, 0.15) is 120 Å². The smallest absolute Gasteiger partial charge is 0.0628 e. The van der Waals surface area contributed by atoms with Crippen molar-refractivity contribution in [3.05, 3.63) is 11.6 Å². The fourth-order valence-corrected chi connectivity index (χ4v) is 10.4. The Morgan fingerprint density at radius 1 is 0.742 bits per heavy atom. The van der Waals surface area contributed by atoms with Gasteiger partial charge in [-0.3, -0.25) is 0 Å². The van der Waals surface area contributed by atoms with Crippen LogP contribution in [0, 0.1) is 50.2 Å². The Hall–Kier alpha value is -0.300. The SMILES string of the molecule is CC1(C)CC[C@@]2(C)CC[C@]3(C)[C@@H]4CC=C5[C@@H](CC[C@H](O)C5(C)C)[C@@]4(C)CC[C@]3(C)[C@H]2C1. The summed E-state index contributed by atoms with van der Waals surface area (Å²) in [5, 5.41) is 10.8. The van der Waals surface area contributed by atoms with E-state index in [9.17, 15) is 5.11 Å². The van der Waals surface area contributed by atoms with Gasteiger partial charge in [-0.2, -0.15) is 0 Å². The lowest BCUT2D eigenvalue weighted by atomic mass is 9.31. The van der Waals surface area contributed by atoms with Crippen molar-refractivity contribution in [3.8, 4) is 0 Å². The van der Waals surface area contributed by atoms with Crippen LogP contribution in [0.2, 0.25) is 0 Å². The first-order valence-corrected chi connectivity index (χ1v) is 13.6. The normalized spacial score (nSPS) is 55.2. The van der Waals surface area contributed by atoms with Crippen molar-refractivity contribution in [3.63, 3.8) is 0 Å². The third-order valence-electron chi connectivity index (χ3n) is 13.1. The van der Waals surface area contributed by atoms with Gasteiger partial charge >= 0.3 is 0 Å². The number of rotatable bonds is 0. The Morgan fingerprint density at radius 3 is 2.06 bits per heavy atom. The summed E-state index contributed by atoms with van der Waals surface area (Å²) in [7, 11) is 0. The number of allylic oxidation sites excluding steroid dienone is 1. The van der Waals surface area contributed by atoms with Crippen LogP contribution in [0.3, 0.4) is 0 Å². The van der Waals surface area contributed by atoms with E-state index in [1.165, 1.54) is 57.8 Å². The van der Waals surface area contributed by atoms with E-state index < -0.39 is 0 Å². The highest BCUT2D eigenvalue weighted by molar-refractivity contribution is 5.30. The highest BCUT2D eigenvalue weighted by Gasteiger charge is 2.69. The van der Waals surface area contributed by atoms with Gasteiger partial charge in [0.15, 0.2) is 0 Å². The molecule has 0 aromatic heterocycles. The first kappa shape index (κ1) is 22.5. The summed E-state index contributed by atoms with van der Waals surface area (Å²) in [4.78, 5) is 0. The van der Waals surface area contributed by atoms with Gasteiger partial charge in [0.2, 0.25) is 0 Å². The van der Waals surface area contributed by atoms with Crippen molar-refractivity contribution in [2.24, 2.45) is 50.2 Å². The molecule has 176 valence electrons. The molecule has 1 heteroatoms. The zero-order chi connectivity index (χ0) is 22.7. The highest BCUT2D eigenvalue weighted by atomic mass is 16.3. The molecule has 0 aliphatic heterocycles. The van der Waals surface area contributed by atoms with Crippen molar-refractivity contribution in [2.75, 3.05) is 0 Å². The van der Waals surface area contributed by atoms with Crippen LogP contribution in [-0.4, -0.2) is 11.2 Å². The van der Waals surface area contributed by atoms with Crippen LogP contribution in [0.4, 0.5) is 0 Å². The lowest BCUT2D eigenvalue weighted by Gasteiger charge is -2.73. The molecule has 0 unspecified atom stereocenters. The molecule has 0 spiro atoms. The molecule has 4 fully saturated rings. The fraction of sp³-hybridized carbons (Fsp3) is 0.933. The summed E-state index contributed by atoms with van der Waals surface area (Å²) in [6.07, 6.45) is 15.9. The van der Waals surface area contributed by atoms with Crippen LogP contribution in [0.5, 0.6) is 0 Å². The molecule has 0 aromatic carbocycles. The fourth-order valence-electron chi connectivity index (χ4n) is 10.4. The maximum Gasteiger partial charge on any atom is 0.0628 e. The number of hydrogen-bond donors (Lipinski definition) is 1. The number of hydrogen-bond acceptors (Lipinski definition) is 1. The van der Waals surface area contributed by atoms with E-state index in [0.29, 0.717) is 33.0 Å². The van der Waals surface area contributed by atoms with E-state index in [2.05, 4.69) is 61.5 Å². The van der Waals surface area contributed by atoms with E-state index in [1.807, 2.05) is 0 Å². The average Bonchev–Trinajstić information content (AvgIpc) is 2.68. The van der Waals surface area contributed by atoms with E-state index in [-0.39, 0.29) is 11.5 Å². The zero-order valence-corrected chi connectivity index (χ0v) is 21.9. The second-order valence-electron chi connectivity index (χ2n) is 15.2. The van der Waals surface area contributed by atoms with Gasteiger partial charge < -0.3 is 5.11 Å². The number of fused-ring (bicyclic) bond motifs is 7. The van der Waals surface area contributed by atoms with Gasteiger partial charge in [-0.25, -0.2) is 0 Å². The Labute approximate surface area is 192 Å².